The molecule has 2 N–H and O–H groups in total. The molecule has 3 aromatic rings. The van der Waals surface area contributed by atoms with Crippen LogP contribution in [0.4, 0.5) is 5.69 Å². The van der Waals surface area contributed by atoms with Gasteiger partial charge in [0.05, 0.1) is 20.6 Å². The molecule has 5 nitrogen and oxygen atoms in total. The minimum Gasteiger partial charge on any atom is -0.485 e. The molecule has 0 amide bonds. The van der Waals surface area contributed by atoms with Gasteiger partial charge in [-0.1, -0.05) is 46.9 Å². The molecular weight excluding hydrogens is 499 g/mol. The number of sulfonamides is 1. The van der Waals surface area contributed by atoms with Crippen LogP contribution in [-0.4, -0.2) is 27.1 Å². The van der Waals surface area contributed by atoms with Crippen molar-refractivity contribution < 1.29 is 13.2 Å². The zero-order chi connectivity index (χ0) is 22.2. The number of ether oxygens (including phenoxy) is 1. The van der Waals surface area contributed by atoms with Crippen LogP contribution in [0.15, 0.2) is 52.7 Å². The van der Waals surface area contributed by atoms with Gasteiger partial charge in [0.2, 0.25) is 0 Å². The van der Waals surface area contributed by atoms with Crippen LogP contribution in [0.5, 0.6) is 5.75 Å². The Balaban J connectivity index is 1.58. The van der Waals surface area contributed by atoms with Crippen LogP contribution in [0.2, 0.25) is 15.1 Å². The fourth-order valence-corrected chi connectivity index (χ4v) is 6.43. The zero-order valence-corrected chi connectivity index (χ0v) is 20.3. The maximum atomic E-state index is 13.0. The molecule has 1 atom stereocenters. The highest BCUT2D eigenvalue weighted by atomic mass is 35.5. The highest BCUT2D eigenvalue weighted by Gasteiger charge is 2.31. The number of halogens is 3. The normalized spacial score (nSPS) is 18.8. The predicted molar refractivity (Wildman–Crippen MR) is 129 cm³/mol. The van der Waals surface area contributed by atoms with E-state index in [4.69, 9.17) is 39.5 Å². The first-order valence-electron chi connectivity index (χ1n) is 9.43. The van der Waals surface area contributed by atoms with Gasteiger partial charge in [0.15, 0.2) is 0 Å². The molecule has 0 bridgehead atoms. The van der Waals surface area contributed by atoms with E-state index in [0.717, 1.165) is 29.9 Å². The molecule has 1 aliphatic rings. The van der Waals surface area contributed by atoms with Crippen LogP contribution in [0.1, 0.15) is 13.3 Å². The summed E-state index contributed by atoms with van der Waals surface area (Å²) in [7, 11) is -3.86. The van der Waals surface area contributed by atoms with E-state index in [1.54, 1.807) is 42.5 Å². The number of anilines is 1. The molecule has 0 radical (unpaired) electrons. The zero-order valence-electron chi connectivity index (χ0n) is 16.4. The average molecular weight is 518 g/mol. The van der Waals surface area contributed by atoms with E-state index >= 15 is 0 Å². The minimum absolute atomic E-state index is 0.104. The lowest BCUT2D eigenvalue weighted by molar-refractivity contribution is 0.111. The number of rotatable bonds is 6. The number of thiophene rings is 1. The molecule has 2 aromatic carbocycles. The molecular formula is C21H19Cl3N2O3S2. The van der Waals surface area contributed by atoms with Crippen LogP contribution in [0, 0.1) is 0 Å². The largest absolute Gasteiger partial charge is 0.485 e. The SMILES string of the molecule is C[C@@]1(Oc2cc(NS(=O)(=O)c3cc(Cl)c(-c4ccc(Cl)cc4)s3)ccc2Cl)CCNC1. The van der Waals surface area contributed by atoms with Crippen molar-refractivity contribution in [1.29, 1.82) is 0 Å². The molecule has 0 spiro atoms. The summed E-state index contributed by atoms with van der Waals surface area (Å²) in [5, 5.41) is 4.62. The van der Waals surface area contributed by atoms with Gasteiger partial charge in [-0.2, -0.15) is 0 Å². The average Bonchev–Trinajstić information content (AvgIpc) is 3.31. The van der Waals surface area contributed by atoms with Gasteiger partial charge in [0, 0.05) is 24.1 Å². The Labute approximate surface area is 200 Å². The highest BCUT2D eigenvalue weighted by molar-refractivity contribution is 7.94. The van der Waals surface area contributed by atoms with Crippen molar-refractivity contribution in [2.24, 2.45) is 0 Å². The van der Waals surface area contributed by atoms with E-state index < -0.39 is 15.6 Å². The summed E-state index contributed by atoms with van der Waals surface area (Å²) in [4.78, 5) is 0.653. The Kier molecular flexibility index (Phi) is 6.45. The first kappa shape index (κ1) is 22.7. The topological polar surface area (TPSA) is 67.4 Å². The molecule has 31 heavy (non-hydrogen) atoms. The molecule has 1 saturated heterocycles. The van der Waals surface area contributed by atoms with Gasteiger partial charge in [-0.25, -0.2) is 8.42 Å². The quantitative estimate of drug-likeness (QED) is 0.402. The maximum Gasteiger partial charge on any atom is 0.271 e. The Morgan fingerprint density at radius 3 is 2.48 bits per heavy atom. The van der Waals surface area contributed by atoms with Crippen molar-refractivity contribution in [2.75, 3.05) is 17.8 Å². The van der Waals surface area contributed by atoms with Crippen molar-refractivity contribution in [3.8, 4) is 16.2 Å². The summed E-state index contributed by atoms with van der Waals surface area (Å²) in [5.41, 5.74) is 0.753. The van der Waals surface area contributed by atoms with E-state index in [-0.39, 0.29) is 4.21 Å². The van der Waals surface area contributed by atoms with Crippen molar-refractivity contribution in [1.82, 2.24) is 5.32 Å². The molecule has 4 rings (SSSR count). The third kappa shape index (κ3) is 5.13. The Morgan fingerprint density at radius 2 is 1.81 bits per heavy atom. The van der Waals surface area contributed by atoms with Gasteiger partial charge in [-0.15, -0.1) is 11.3 Å². The third-order valence-corrected chi connectivity index (χ3v) is 8.92. The summed E-state index contributed by atoms with van der Waals surface area (Å²) < 4.78 is 34.8. The van der Waals surface area contributed by atoms with Gasteiger partial charge in [-0.05, 0) is 49.4 Å². The second-order valence-electron chi connectivity index (χ2n) is 7.48. The summed E-state index contributed by atoms with van der Waals surface area (Å²) in [6.45, 7) is 3.54. The van der Waals surface area contributed by atoms with E-state index in [0.29, 0.717) is 37.9 Å². The molecule has 1 aromatic heterocycles. The molecule has 0 saturated carbocycles. The summed E-state index contributed by atoms with van der Waals surface area (Å²) in [6, 6.07) is 13.3. The van der Waals surface area contributed by atoms with Crippen molar-refractivity contribution in [2.45, 2.75) is 23.2 Å². The van der Waals surface area contributed by atoms with E-state index in [2.05, 4.69) is 10.0 Å². The second kappa shape index (κ2) is 8.81. The molecule has 0 unspecified atom stereocenters. The van der Waals surface area contributed by atoms with Crippen molar-refractivity contribution in [3.63, 3.8) is 0 Å². The number of nitrogens with one attached hydrogen (secondary N) is 2. The van der Waals surface area contributed by atoms with Crippen LogP contribution in [-0.2, 0) is 10.0 Å². The monoisotopic (exact) mass is 516 g/mol. The first-order valence-corrected chi connectivity index (χ1v) is 12.9. The standard InChI is InChI=1S/C21H19Cl3N2O3S2/c1-21(8-9-25-12-21)29-18-10-15(6-7-16(18)23)26-31(27,28)19-11-17(24)20(30-19)13-2-4-14(22)5-3-13/h2-7,10-11,25-26H,8-9,12H2,1H3/t21-/m1/s1. The molecule has 2 heterocycles. The van der Waals surface area contributed by atoms with Crippen LogP contribution in [0.3, 0.4) is 0 Å². The number of hydrogen-bond donors (Lipinski definition) is 2. The Hall–Kier alpha value is -1.48. The van der Waals surface area contributed by atoms with Crippen LogP contribution >= 0.6 is 46.1 Å². The van der Waals surface area contributed by atoms with Gasteiger partial charge >= 0.3 is 0 Å². The van der Waals surface area contributed by atoms with Gasteiger partial charge in [-0.3, -0.25) is 4.72 Å². The van der Waals surface area contributed by atoms with Gasteiger partial charge in [0.25, 0.3) is 10.0 Å². The fourth-order valence-electron chi connectivity index (χ4n) is 3.28. The number of benzene rings is 2. The van der Waals surface area contributed by atoms with Crippen molar-refractivity contribution in [3.05, 3.63) is 63.6 Å². The summed E-state index contributed by atoms with van der Waals surface area (Å²) in [6.07, 6.45) is 0.834. The molecule has 1 aliphatic heterocycles. The van der Waals surface area contributed by atoms with Crippen LogP contribution < -0.4 is 14.8 Å². The highest BCUT2D eigenvalue weighted by Crippen LogP contribution is 2.40. The molecule has 164 valence electrons. The predicted octanol–water partition coefficient (Wildman–Crippen LogP) is 6.31. The fraction of sp³-hybridized carbons (Fsp3) is 0.238. The maximum absolute atomic E-state index is 13.0. The van der Waals surface area contributed by atoms with Crippen LogP contribution in [0.25, 0.3) is 10.4 Å². The lowest BCUT2D eigenvalue weighted by atomic mass is 10.1. The molecule has 1 fully saturated rings. The van der Waals surface area contributed by atoms with E-state index in [1.807, 2.05) is 6.92 Å². The lowest BCUT2D eigenvalue weighted by Crippen LogP contribution is -2.34. The third-order valence-electron chi connectivity index (χ3n) is 4.90. The van der Waals surface area contributed by atoms with E-state index in [1.165, 1.54) is 6.07 Å². The summed E-state index contributed by atoms with van der Waals surface area (Å²) >= 11 is 19.6. The minimum atomic E-state index is -3.86. The van der Waals surface area contributed by atoms with Gasteiger partial charge in [0.1, 0.15) is 15.6 Å². The Morgan fingerprint density at radius 1 is 1.06 bits per heavy atom. The van der Waals surface area contributed by atoms with Crippen molar-refractivity contribution >= 4 is 61.9 Å². The number of hydrogen-bond acceptors (Lipinski definition) is 5. The molecule has 10 heteroatoms. The first-order chi connectivity index (χ1) is 14.7. The lowest BCUT2D eigenvalue weighted by Gasteiger charge is -2.25. The van der Waals surface area contributed by atoms with E-state index in [9.17, 15) is 8.42 Å². The van der Waals surface area contributed by atoms with Gasteiger partial charge < -0.3 is 10.1 Å². The Bertz CT molecular complexity index is 1210. The molecule has 0 aliphatic carbocycles. The summed E-state index contributed by atoms with van der Waals surface area (Å²) in [5.74, 6) is 0.430. The smallest absolute Gasteiger partial charge is 0.271 e. The second-order valence-corrected chi connectivity index (χ2v) is 11.7.